The van der Waals surface area contributed by atoms with E-state index in [2.05, 4.69) is 4.72 Å². The fraction of sp³-hybridized carbons (Fsp3) is 0.143. The van der Waals surface area contributed by atoms with Gasteiger partial charge in [-0.15, -0.1) is 0 Å². The third-order valence-corrected chi connectivity index (χ3v) is 4.67. The molecule has 0 saturated heterocycles. The Balaban J connectivity index is 1.91. The summed E-state index contributed by atoms with van der Waals surface area (Å²) in [7, 11) is -3.80. The lowest BCUT2D eigenvalue weighted by molar-refractivity contribution is 0.325. The van der Waals surface area contributed by atoms with E-state index < -0.39 is 16.1 Å². The molecule has 2 N–H and O–H groups in total. The number of aromatic hydroxyl groups is 1. The van der Waals surface area contributed by atoms with Crippen LogP contribution >= 0.6 is 0 Å². The van der Waals surface area contributed by atoms with Crippen LogP contribution in [0.15, 0.2) is 53.4 Å². The van der Waals surface area contributed by atoms with E-state index in [0.29, 0.717) is 5.75 Å². The predicted octanol–water partition coefficient (Wildman–Crippen LogP) is 1.80. The molecule has 104 valence electrons. The Morgan fingerprint density at radius 1 is 1.10 bits per heavy atom. The minimum Gasteiger partial charge on any atom is -0.507 e. The van der Waals surface area contributed by atoms with Crippen LogP contribution in [0.2, 0.25) is 0 Å². The van der Waals surface area contributed by atoms with E-state index in [9.17, 15) is 13.5 Å². The molecular formula is C14H13NO4S. The molecule has 0 fully saturated rings. The molecule has 20 heavy (non-hydrogen) atoms. The minimum atomic E-state index is -3.80. The lowest BCUT2D eigenvalue weighted by Crippen LogP contribution is -2.29. The average Bonchev–Trinajstić information content (AvgIpc) is 2.82. The number of hydrogen-bond donors (Lipinski definition) is 2. The summed E-state index contributed by atoms with van der Waals surface area (Å²) in [4.78, 5) is -0.135. The molecule has 0 amide bonds. The molecule has 0 aromatic heterocycles. The van der Waals surface area contributed by atoms with E-state index in [4.69, 9.17) is 4.74 Å². The SMILES string of the molecule is O=S(=O)(NC1COc2ccccc21)c1ccccc1O. The van der Waals surface area contributed by atoms with Crippen molar-refractivity contribution in [3.63, 3.8) is 0 Å². The quantitative estimate of drug-likeness (QED) is 0.904. The Labute approximate surface area is 116 Å². The second-order valence-electron chi connectivity index (χ2n) is 4.49. The Hall–Kier alpha value is -2.05. The molecule has 0 spiro atoms. The fourth-order valence-electron chi connectivity index (χ4n) is 2.20. The van der Waals surface area contributed by atoms with Gasteiger partial charge in [-0.2, -0.15) is 4.72 Å². The Morgan fingerprint density at radius 2 is 1.80 bits per heavy atom. The monoisotopic (exact) mass is 291 g/mol. The van der Waals surface area contributed by atoms with Crippen LogP contribution in [0.25, 0.3) is 0 Å². The lowest BCUT2D eigenvalue weighted by atomic mass is 10.1. The summed E-state index contributed by atoms with van der Waals surface area (Å²) in [6.07, 6.45) is 0. The Bertz CT molecular complexity index is 742. The van der Waals surface area contributed by atoms with Gasteiger partial charge in [-0.25, -0.2) is 8.42 Å². The number of phenolic OH excluding ortho intramolecular Hbond substituents is 1. The standard InChI is InChI=1S/C14H13NO4S/c16-12-6-2-4-8-14(12)20(17,18)15-11-9-19-13-7-3-1-5-10(11)13/h1-8,11,15-16H,9H2. The summed E-state index contributed by atoms with van der Waals surface area (Å²) in [5.41, 5.74) is 0.798. The van der Waals surface area contributed by atoms with Gasteiger partial charge < -0.3 is 9.84 Å². The zero-order valence-electron chi connectivity index (χ0n) is 10.5. The summed E-state index contributed by atoms with van der Waals surface area (Å²) < 4.78 is 32.6. The topological polar surface area (TPSA) is 75.6 Å². The van der Waals surface area contributed by atoms with Gasteiger partial charge >= 0.3 is 0 Å². The maximum atomic E-state index is 12.3. The number of nitrogens with one attached hydrogen (secondary N) is 1. The molecule has 0 aliphatic carbocycles. The van der Waals surface area contributed by atoms with Gasteiger partial charge in [-0.3, -0.25) is 0 Å². The summed E-state index contributed by atoms with van der Waals surface area (Å²) in [5.74, 6) is 0.407. The van der Waals surface area contributed by atoms with Crippen LogP contribution in [0.3, 0.4) is 0 Å². The summed E-state index contributed by atoms with van der Waals surface area (Å²) in [5, 5.41) is 9.66. The van der Waals surface area contributed by atoms with Crippen molar-refractivity contribution < 1.29 is 18.3 Å². The first-order valence-electron chi connectivity index (χ1n) is 6.10. The van der Waals surface area contributed by atoms with Crippen molar-refractivity contribution in [1.82, 2.24) is 4.72 Å². The number of hydrogen-bond acceptors (Lipinski definition) is 4. The summed E-state index contributed by atoms with van der Waals surface area (Å²) in [6, 6.07) is 12.7. The number of para-hydroxylation sites is 2. The minimum absolute atomic E-state index is 0.135. The van der Waals surface area contributed by atoms with Crippen molar-refractivity contribution >= 4 is 10.0 Å². The van der Waals surface area contributed by atoms with Crippen LogP contribution in [0, 0.1) is 0 Å². The van der Waals surface area contributed by atoms with Gasteiger partial charge in [0.15, 0.2) is 0 Å². The number of rotatable bonds is 3. The van der Waals surface area contributed by atoms with Crippen LogP contribution in [0.5, 0.6) is 11.5 Å². The summed E-state index contributed by atoms with van der Waals surface area (Å²) in [6.45, 7) is 0.242. The van der Waals surface area contributed by atoms with E-state index in [1.54, 1.807) is 18.2 Å². The van der Waals surface area contributed by atoms with Gasteiger partial charge in [0.1, 0.15) is 23.0 Å². The molecule has 1 heterocycles. The number of benzene rings is 2. The van der Waals surface area contributed by atoms with Crippen molar-refractivity contribution in [2.24, 2.45) is 0 Å². The van der Waals surface area contributed by atoms with Crippen LogP contribution in [-0.2, 0) is 10.0 Å². The maximum absolute atomic E-state index is 12.3. The smallest absolute Gasteiger partial charge is 0.244 e. The molecule has 0 radical (unpaired) electrons. The van der Waals surface area contributed by atoms with E-state index in [1.807, 2.05) is 18.2 Å². The molecule has 6 heteroatoms. The molecule has 3 rings (SSSR count). The van der Waals surface area contributed by atoms with E-state index >= 15 is 0 Å². The zero-order chi connectivity index (χ0) is 14.2. The number of sulfonamides is 1. The largest absolute Gasteiger partial charge is 0.507 e. The first kappa shape index (κ1) is 13.0. The van der Waals surface area contributed by atoms with E-state index in [1.165, 1.54) is 12.1 Å². The van der Waals surface area contributed by atoms with Crippen LogP contribution in [0.4, 0.5) is 0 Å². The number of fused-ring (bicyclic) bond motifs is 1. The van der Waals surface area contributed by atoms with Gasteiger partial charge in [0.05, 0.1) is 6.04 Å². The normalized spacial score (nSPS) is 17.5. The maximum Gasteiger partial charge on any atom is 0.244 e. The molecule has 2 aromatic carbocycles. The highest BCUT2D eigenvalue weighted by Crippen LogP contribution is 2.33. The first-order chi connectivity index (χ1) is 9.58. The number of ether oxygens (including phenoxy) is 1. The van der Waals surface area contributed by atoms with Gasteiger partial charge in [0.25, 0.3) is 0 Å². The molecule has 1 unspecified atom stereocenters. The summed E-state index contributed by atoms with van der Waals surface area (Å²) >= 11 is 0. The second kappa shape index (κ2) is 4.81. The highest BCUT2D eigenvalue weighted by molar-refractivity contribution is 7.89. The average molecular weight is 291 g/mol. The van der Waals surface area contributed by atoms with Crippen molar-refractivity contribution in [2.45, 2.75) is 10.9 Å². The Morgan fingerprint density at radius 3 is 2.60 bits per heavy atom. The van der Waals surface area contributed by atoms with Crippen LogP contribution in [0.1, 0.15) is 11.6 Å². The molecule has 0 saturated carbocycles. The zero-order valence-corrected chi connectivity index (χ0v) is 11.3. The Kier molecular flexibility index (Phi) is 3.11. The van der Waals surface area contributed by atoms with Crippen molar-refractivity contribution in [2.75, 3.05) is 6.61 Å². The molecule has 1 aliphatic rings. The van der Waals surface area contributed by atoms with Crippen molar-refractivity contribution in [3.8, 4) is 11.5 Å². The van der Waals surface area contributed by atoms with Gasteiger partial charge in [0.2, 0.25) is 10.0 Å². The molecule has 2 aromatic rings. The van der Waals surface area contributed by atoms with E-state index in [0.717, 1.165) is 5.56 Å². The highest BCUT2D eigenvalue weighted by Gasteiger charge is 2.29. The third kappa shape index (κ3) is 2.23. The molecule has 1 aliphatic heterocycles. The fourth-order valence-corrected chi connectivity index (χ4v) is 3.49. The first-order valence-corrected chi connectivity index (χ1v) is 7.58. The van der Waals surface area contributed by atoms with Gasteiger partial charge in [-0.1, -0.05) is 30.3 Å². The predicted molar refractivity (Wildman–Crippen MR) is 73.1 cm³/mol. The van der Waals surface area contributed by atoms with Crippen molar-refractivity contribution in [1.29, 1.82) is 0 Å². The van der Waals surface area contributed by atoms with Gasteiger partial charge in [-0.05, 0) is 18.2 Å². The van der Waals surface area contributed by atoms with Crippen LogP contribution in [-0.4, -0.2) is 20.1 Å². The van der Waals surface area contributed by atoms with Crippen molar-refractivity contribution in [3.05, 3.63) is 54.1 Å². The molecular weight excluding hydrogens is 278 g/mol. The lowest BCUT2D eigenvalue weighted by Gasteiger charge is -2.13. The molecule has 5 nitrogen and oxygen atoms in total. The number of phenols is 1. The van der Waals surface area contributed by atoms with E-state index in [-0.39, 0.29) is 17.3 Å². The molecule has 1 atom stereocenters. The third-order valence-electron chi connectivity index (χ3n) is 3.15. The molecule has 0 bridgehead atoms. The van der Waals surface area contributed by atoms with Gasteiger partial charge in [0, 0.05) is 5.56 Å². The second-order valence-corrected chi connectivity index (χ2v) is 6.17. The highest BCUT2D eigenvalue weighted by atomic mass is 32.2. The van der Waals surface area contributed by atoms with Crippen LogP contribution < -0.4 is 9.46 Å².